The number of hydrogen-bond acceptors (Lipinski definition) is 3. The Morgan fingerprint density at radius 3 is 2.50 bits per heavy atom. The zero-order valence-electron chi connectivity index (χ0n) is 15.0. The molecular formula is C21H24N2O3. The molecule has 0 bridgehead atoms. The number of amides is 2. The molecule has 3 rings (SSSR count). The van der Waals surface area contributed by atoms with Crippen molar-refractivity contribution < 1.29 is 14.3 Å². The zero-order chi connectivity index (χ0) is 18.4. The van der Waals surface area contributed by atoms with Crippen LogP contribution in [-0.4, -0.2) is 43.0 Å². The number of carbonyl (C=O) groups excluding carboxylic acids is 2. The first-order valence-corrected chi connectivity index (χ1v) is 8.92. The third kappa shape index (κ3) is 4.63. The number of rotatable bonds is 5. The molecule has 26 heavy (non-hydrogen) atoms. The second kappa shape index (κ2) is 8.52. The van der Waals surface area contributed by atoms with Crippen molar-refractivity contribution in [3.63, 3.8) is 0 Å². The summed E-state index contributed by atoms with van der Waals surface area (Å²) in [5.41, 5.74) is 1.62. The Morgan fingerprint density at radius 1 is 1.08 bits per heavy atom. The average molecular weight is 352 g/mol. The Kier molecular flexibility index (Phi) is 5.89. The molecule has 1 fully saturated rings. The lowest BCUT2D eigenvalue weighted by Gasteiger charge is -2.32. The van der Waals surface area contributed by atoms with Crippen LogP contribution in [0.2, 0.25) is 0 Å². The van der Waals surface area contributed by atoms with Gasteiger partial charge in [-0.05, 0) is 42.7 Å². The van der Waals surface area contributed by atoms with Crippen molar-refractivity contribution in [2.75, 3.05) is 20.2 Å². The molecule has 1 N–H and O–H groups in total. The van der Waals surface area contributed by atoms with Crippen molar-refractivity contribution in [3.05, 3.63) is 65.7 Å². The van der Waals surface area contributed by atoms with Crippen molar-refractivity contribution in [3.8, 4) is 5.75 Å². The topological polar surface area (TPSA) is 58.6 Å². The van der Waals surface area contributed by atoms with Crippen LogP contribution in [0.15, 0.2) is 54.6 Å². The Morgan fingerprint density at radius 2 is 1.81 bits per heavy atom. The molecule has 0 aliphatic carbocycles. The van der Waals surface area contributed by atoms with E-state index in [1.807, 2.05) is 59.5 Å². The van der Waals surface area contributed by atoms with E-state index < -0.39 is 0 Å². The van der Waals surface area contributed by atoms with Crippen LogP contribution in [0.25, 0.3) is 0 Å². The minimum atomic E-state index is -0.0493. The Hall–Kier alpha value is -2.82. The van der Waals surface area contributed by atoms with E-state index >= 15 is 0 Å². The maximum atomic E-state index is 12.5. The minimum absolute atomic E-state index is 0.0493. The monoisotopic (exact) mass is 352 g/mol. The van der Waals surface area contributed by atoms with Crippen LogP contribution in [0.4, 0.5) is 0 Å². The number of nitrogens with one attached hydrogen (secondary N) is 1. The molecule has 1 aliphatic heterocycles. The van der Waals surface area contributed by atoms with E-state index in [-0.39, 0.29) is 17.9 Å². The fraction of sp³-hybridized carbons (Fsp3) is 0.333. The molecule has 5 heteroatoms. The van der Waals surface area contributed by atoms with Crippen molar-refractivity contribution >= 4 is 11.8 Å². The smallest absolute Gasteiger partial charge is 0.251 e. The average Bonchev–Trinajstić information content (AvgIpc) is 2.69. The number of likely N-dealkylation sites (tertiary alicyclic amines) is 1. The fourth-order valence-electron chi connectivity index (χ4n) is 3.20. The molecular weight excluding hydrogens is 328 g/mol. The maximum absolute atomic E-state index is 12.5. The number of methoxy groups -OCH3 is 1. The molecule has 1 aliphatic rings. The highest BCUT2D eigenvalue weighted by Crippen LogP contribution is 2.16. The van der Waals surface area contributed by atoms with E-state index in [2.05, 4.69) is 5.32 Å². The van der Waals surface area contributed by atoms with Crippen LogP contribution in [-0.2, 0) is 11.2 Å². The summed E-state index contributed by atoms with van der Waals surface area (Å²) >= 11 is 0. The van der Waals surface area contributed by atoms with E-state index in [4.69, 9.17) is 4.74 Å². The number of ether oxygens (including phenoxy) is 1. The Bertz CT molecular complexity index is 753. The molecule has 5 nitrogen and oxygen atoms in total. The van der Waals surface area contributed by atoms with Crippen LogP contribution >= 0.6 is 0 Å². The standard InChI is InChI=1S/C21H24N2O3/c1-26-19-9-5-6-16(14-19)15-20(24)23-12-10-18(11-13-23)22-21(25)17-7-3-2-4-8-17/h2-9,14,18H,10-13,15H2,1H3,(H,22,25). The van der Waals surface area contributed by atoms with Gasteiger partial charge in [-0.1, -0.05) is 30.3 Å². The largest absolute Gasteiger partial charge is 0.497 e. The van der Waals surface area contributed by atoms with Gasteiger partial charge in [-0.15, -0.1) is 0 Å². The number of hydrogen-bond donors (Lipinski definition) is 1. The van der Waals surface area contributed by atoms with E-state index in [1.54, 1.807) is 7.11 Å². The summed E-state index contributed by atoms with van der Waals surface area (Å²) in [6.45, 7) is 1.34. The maximum Gasteiger partial charge on any atom is 0.251 e. The summed E-state index contributed by atoms with van der Waals surface area (Å²) in [5.74, 6) is 0.829. The van der Waals surface area contributed by atoms with Gasteiger partial charge in [0.1, 0.15) is 5.75 Å². The minimum Gasteiger partial charge on any atom is -0.497 e. The highest BCUT2D eigenvalue weighted by atomic mass is 16.5. The van der Waals surface area contributed by atoms with Gasteiger partial charge in [0.15, 0.2) is 0 Å². The molecule has 0 radical (unpaired) electrons. The number of piperidine rings is 1. The van der Waals surface area contributed by atoms with Gasteiger partial charge in [-0.25, -0.2) is 0 Å². The molecule has 0 spiro atoms. The zero-order valence-corrected chi connectivity index (χ0v) is 15.0. The van der Waals surface area contributed by atoms with Crippen molar-refractivity contribution in [1.82, 2.24) is 10.2 Å². The molecule has 1 heterocycles. The third-order valence-corrected chi connectivity index (χ3v) is 4.71. The molecule has 1 saturated heterocycles. The lowest BCUT2D eigenvalue weighted by Crippen LogP contribution is -2.46. The van der Waals surface area contributed by atoms with Gasteiger partial charge in [-0.2, -0.15) is 0 Å². The summed E-state index contributed by atoms with van der Waals surface area (Å²) in [7, 11) is 1.62. The Labute approximate surface area is 154 Å². The van der Waals surface area contributed by atoms with Gasteiger partial charge in [0, 0.05) is 24.7 Å². The predicted octanol–water partition coefficient (Wildman–Crippen LogP) is 2.66. The summed E-state index contributed by atoms with van der Waals surface area (Å²) in [5, 5.41) is 3.07. The van der Waals surface area contributed by atoms with Crippen molar-refractivity contribution in [2.24, 2.45) is 0 Å². The van der Waals surface area contributed by atoms with Gasteiger partial charge < -0.3 is 15.0 Å². The molecule has 0 saturated carbocycles. The van der Waals surface area contributed by atoms with Gasteiger partial charge in [-0.3, -0.25) is 9.59 Å². The van der Waals surface area contributed by atoms with Crippen LogP contribution < -0.4 is 10.1 Å². The molecule has 0 unspecified atom stereocenters. The summed E-state index contributed by atoms with van der Waals surface area (Å²) in [4.78, 5) is 26.6. The molecule has 0 atom stereocenters. The first-order chi connectivity index (χ1) is 12.7. The van der Waals surface area contributed by atoms with E-state index in [0.717, 1.165) is 24.2 Å². The van der Waals surface area contributed by atoms with Crippen molar-refractivity contribution in [1.29, 1.82) is 0 Å². The highest BCUT2D eigenvalue weighted by Gasteiger charge is 2.24. The first-order valence-electron chi connectivity index (χ1n) is 8.92. The first kappa shape index (κ1) is 18.0. The SMILES string of the molecule is COc1cccc(CC(=O)N2CCC(NC(=O)c3ccccc3)CC2)c1. The van der Waals surface area contributed by atoms with Crippen LogP contribution in [0.5, 0.6) is 5.75 Å². The number of carbonyl (C=O) groups is 2. The molecule has 136 valence electrons. The second-order valence-corrected chi connectivity index (χ2v) is 6.52. The quantitative estimate of drug-likeness (QED) is 0.900. The molecule has 2 amide bonds. The predicted molar refractivity (Wildman–Crippen MR) is 100 cm³/mol. The van der Waals surface area contributed by atoms with E-state index in [9.17, 15) is 9.59 Å². The summed E-state index contributed by atoms with van der Waals surface area (Å²) in [6.07, 6.45) is 1.93. The van der Waals surface area contributed by atoms with Gasteiger partial charge in [0.05, 0.1) is 13.5 Å². The highest BCUT2D eigenvalue weighted by molar-refractivity contribution is 5.94. The molecule has 0 aromatic heterocycles. The van der Waals surface area contributed by atoms with Crippen LogP contribution in [0.3, 0.4) is 0 Å². The lowest BCUT2D eigenvalue weighted by molar-refractivity contribution is -0.131. The fourth-order valence-corrected chi connectivity index (χ4v) is 3.20. The third-order valence-electron chi connectivity index (χ3n) is 4.71. The van der Waals surface area contributed by atoms with Gasteiger partial charge in [0.2, 0.25) is 5.91 Å². The van der Waals surface area contributed by atoms with Gasteiger partial charge >= 0.3 is 0 Å². The number of benzene rings is 2. The molecule has 2 aromatic carbocycles. The Balaban J connectivity index is 1.48. The molecule has 2 aromatic rings. The van der Waals surface area contributed by atoms with Crippen molar-refractivity contribution in [2.45, 2.75) is 25.3 Å². The lowest BCUT2D eigenvalue weighted by atomic mass is 10.0. The second-order valence-electron chi connectivity index (χ2n) is 6.52. The normalized spacial score (nSPS) is 14.7. The summed E-state index contributed by atoms with van der Waals surface area (Å²) < 4.78 is 5.20. The van der Waals surface area contributed by atoms with E-state index in [1.165, 1.54) is 0 Å². The van der Waals surface area contributed by atoms with Crippen LogP contribution in [0.1, 0.15) is 28.8 Å². The van der Waals surface area contributed by atoms with Gasteiger partial charge in [0.25, 0.3) is 5.91 Å². The van der Waals surface area contributed by atoms with E-state index in [0.29, 0.717) is 25.1 Å². The summed E-state index contributed by atoms with van der Waals surface area (Å²) in [6, 6.07) is 16.9. The van der Waals surface area contributed by atoms with Crippen LogP contribution in [0, 0.1) is 0 Å². The number of nitrogens with zero attached hydrogens (tertiary/aromatic N) is 1.